The van der Waals surface area contributed by atoms with Crippen molar-refractivity contribution in [3.8, 4) is 0 Å². The molecule has 1 fully saturated rings. The van der Waals surface area contributed by atoms with Gasteiger partial charge in [0, 0.05) is 0 Å². The first-order chi connectivity index (χ1) is 8.77. The molecule has 2 aromatic rings. The van der Waals surface area contributed by atoms with Crippen LogP contribution in [0.25, 0.3) is 10.9 Å². The van der Waals surface area contributed by atoms with E-state index in [1.165, 1.54) is 4.57 Å². The summed E-state index contributed by atoms with van der Waals surface area (Å²) in [5.41, 5.74) is 0.0476. The van der Waals surface area contributed by atoms with E-state index in [0.717, 1.165) is 25.8 Å². The molecule has 1 aromatic heterocycles. The van der Waals surface area contributed by atoms with Gasteiger partial charge in [0.05, 0.1) is 17.1 Å². The zero-order valence-electron chi connectivity index (χ0n) is 9.98. The summed E-state index contributed by atoms with van der Waals surface area (Å²) in [6, 6.07) is 7.10. The van der Waals surface area contributed by atoms with Gasteiger partial charge in [-0.15, -0.1) is 0 Å². The zero-order chi connectivity index (χ0) is 12.5. The van der Waals surface area contributed by atoms with Crippen molar-refractivity contribution in [1.82, 2.24) is 14.9 Å². The third-order valence-electron chi connectivity index (χ3n) is 3.43. The molecule has 0 bridgehead atoms. The summed E-state index contributed by atoms with van der Waals surface area (Å²) in [4.78, 5) is 27.1. The third kappa shape index (κ3) is 1.76. The predicted molar refractivity (Wildman–Crippen MR) is 69.7 cm³/mol. The first kappa shape index (κ1) is 11.2. The molecule has 1 saturated heterocycles. The average molecular weight is 245 g/mol. The number of fused-ring (bicyclic) bond motifs is 1. The topological polar surface area (TPSA) is 66.9 Å². The molecule has 2 N–H and O–H groups in total. The van der Waals surface area contributed by atoms with Crippen molar-refractivity contribution in [2.75, 3.05) is 6.54 Å². The first-order valence-corrected chi connectivity index (χ1v) is 6.24. The van der Waals surface area contributed by atoms with Crippen molar-refractivity contribution >= 4 is 10.9 Å². The molecule has 0 saturated carbocycles. The van der Waals surface area contributed by atoms with Gasteiger partial charge in [0.2, 0.25) is 0 Å². The Hall–Kier alpha value is -1.88. The van der Waals surface area contributed by atoms with Crippen LogP contribution in [0.5, 0.6) is 0 Å². The minimum atomic E-state index is -0.335. The van der Waals surface area contributed by atoms with E-state index in [0.29, 0.717) is 10.9 Å². The number of nitrogens with zero attached hydrogens (tertiary/aromatic N) is 1. The number of hydrogen-bond donors (Lipinski definition) is 2. The summed E-state index contributed by atoms with van der Waals surface area (Å²) in [6.07, 6.45) is 2.77. The summed E-state index contributed by atoms with van der Waals surface area (Å²) in [6.45, 7) is 0.851. The molecule has 5 nitrogen and oxygen atoms in total. The maximum absolute atomic E-state index is 12.4. The molecule has 5 heteroatoms. The van der Waals surface area contributed by atoms with Gasteiger partial charge in [0.25, 0.3) is 5.56 Å². The molecule has 1 aliphatic heterocycles. The second kappa shape index (κ2) is 4.42. The molecule has 18 heavy (non-hydrogen) atoms. The van der Waals surface area contributed by atoms with E-state index in [1.807, 2.05) is 0 Å². The summed E-state index contributed by atoms with van der Waals surface area (Å²) >= 11 is 0. The smallest absolute Gasteiger partial charge is 0.307 e. The summed E-state index contributed by atoms with van der Waals surface area (Å²) in [7, 11) is 0. The third-order valence-corrected chi connectivity index (χ3v) is 3.43. The lowest BCUT2D eigenvalue weighted by Crippen LogP contribution is -2.45. The van der Waals surface area contributed by atoms with Gasteiger partial charge in [-0.3, -0.25) is 10.1 Å². The van der Waals surface area contributed by atoms with E-state index in [4.69, 9.17) is 0 Å². The van der Waals surface area contributed by atoms with Crippen molar-refractivity contribution in [2.45, 2.75) is 25.4 Å². The number of H-pyrrole nitrogens is 1. The molecule has 0 radical (unpaired) electrons. The highest BCUT2D eigenvalue weighted by Crippen LogP contribution is 2.14. The Labute approximate surface area is 103 Å². The highest BCUT2D eigenvalue weighted by molar-refractivity contribution is 5.76. The number of aromatic nitrogens is 2. The van der Waals surface area contributed by atoms with Crippen LogP contribution in [0.3, 0.4) is 0 Å². The zero-order valence-corrected chi connectivity index (χ0v) is 9.98. The van der Waals surface area contributed by atoms with Gasteiger partial charge in [-0.1, -0.05) is 12.1 Å². The number of rotatable bonds is 1. The molecule has 1 atom stereocenters. The van der Waals surface area contributed by atoms with Gasteiger partial charge >= 0.3 is 5.69 Å². The van der Waals surface area contributed by atoms with Crippen LogP contribution in [-0.2, 0) is 0 Å². The Kier molecular flexibility index (Phi) is 2.76. The number of piperidine rings is 1. The Morgan fingerprint density at radius 3 is 2.78 bits per heavy atom. The molecule has 1 aliphatic rings. The number of aromatic amines is 1. The fourth-order valence-electron chi connectivity index (χ4n) is 2.51. The van der Waals surface area contributed by atoms with Crippen LogP contribution in [0.2, 0.25) is 0 Å². The second-order valence-corrected chi connectivity index (χ2v) is 4.62. The van der Waals surface area contributed by atoms with Gasteiger partial charge in [-0.05, 0) is 37.9 Å². The van der Waals surface area contributed by atoms with Crippen LogP contribution < -0.4 is 16.6 Å². The summed E-state index contributed by atoms with van der Waals surface area (Å²) in [5, 5.41) is 3.78. The Morgan fingerprint density at radius 2 is 2.00 bits per heavy atom. The SMILES string of the molecule is O=c1[nH]c2ccccc2c(=O)n1[C@H]1CCCCN1. The number of hydrogen-bond acceptors (Lipinski definition) is 3. The minimum absolute atomic E-state index is 0.181. The van der Waals surface area contributed by atoms with Crippen LogP contribution >= 0.6 is 0 Å². The highest BCUT2D eigenvalue weighted by Gasteiger charge is 2.19. The number of para-hydroxylation sites is 1. The van der Waals surface area contributed by atoms with Gasteiger partial charge in [-0.25, -0.2) is 9.36 Å². The lowest BCUT2D eigenvalue weighted by Gasteiger charge is -2.24. The average Bonchev–Trinajstić information content (AvgIpc) is 2.40. The van der Waals surface area contributed by atoms with E-state index in [9.17, 15) is 9.59 Å². The molecule has 0 aliphatic carbocycles. The molecular weight excluding hydrogens is 230 g/mol. The van der Waals surface area contributed by atoms with Crippen molar-refractivity contribution in [3.05, 3.63) is 45.1 Å². The van der Waals surface area contributed by atoms with Crippen molar-refractivity contribution in [3.63, 3.8) is 0 Å². The highest BCUT2D eigenvalue weighted by atomic mass is 16.2. The fraction of sp³-hybridized carbons (Fsp3) is 0.385. The van der Waals surface area contributed by atoms with Gasteiger partial charge in [-0.2, -0.15) is 0 Å². The number of nitrogens with one attached hydrogen (secondary N) is 2. The van der Waals surface area contributed by atoms with Crippen LogP contribution in [0.4, 0.5) is 0 Å². The van der Waals surface area contributed by atoms with Crippen LogP contribution in [0, 0.1) is 0 Å². The van der Waals surface area contributed by atoms with Crippen molar-refractivity contribution in [2.24, 2.45) is 0 Å². The minimum Gasteiger partial charge on any atom is -0.307 e. The molecular formula is C13H15N3O2. The molecule has 0 spiro atoms. The van der Waals surface area contributed by atoms with E-state index in [2.05, 4.69) is 10.3 Å². The predicted octanol–water partition coefficient (Wildman–Crippen LogP) is 0.962. The Balaban J connectivity index is 2.22. The Morgan fingerprint density at radius 1 is 1.17 bits per heavy atom. The molecule has 0 unspecified atom stereocenters. The standard InChI is InChI=1S/C13H15N3O2/c17-12-9-5-1-2-6-10(9)15-13(18)16(12)11-7-3-4-8-14-11/h1-2,5-6,11,14H,3-4,7-8H2,(H,15,18)/t11-/m0/s1. The lowest BCUT2D eigenvalue weighted by molar-refractivity contribution is 0.306. The van der Waals surface area contributed by atoms with Gasteiger partial charge in [0.1, 0.15) is 0 Å². The van der Waals surface area contributed by atoms with E-state index < -0.39 is 0 Å². The van der Waals surface area contributed by atoms with E-state index in [1.54, 1.807) is 24.3 Å². The second-order valence-electron chi connectivity index (χ2n) is 4.62. The molecule has 2 heterocycles. The lowest BCUT2D eigenvalue weighted by atomic mass is 10.1. The Bertz CT molecular complexity index is 680. The van der Waals surface area contributed by atoms with Gasteiger partial charge < -0.3 is 4.98 Å². The summed E-state index contributed by atoms with van der Waals surface area (Å²) in [5.74, 6) is 0. The van der Waals surface area contributed by atoms with Crippen LogP contribution in [0.15, 0.2) is 33.9 Å². The number of benzene rings is 1. The van der Waals surface area contributed by atoms with E-state index >= 15 is 0 Å². The summed E-state index contributed by atoms with van der Waals surface area (Å²) < 4.78 is 1.31. The monoisotopic (exact) mass is 245 g/mol. The fourth-order valence-corrected chi connectivity index (χ4v) is 2.51. The largest absolute Gasteiger partial charge is 0.330 e. The quantitative estimate of drug-likeness (QED) is 0.786. The van der Waals surface area contributed by atoms with Gasteiger partial charge in [0.15, 0.2) is 0 Å². The molecule has 1 aromatic carbocycles. The van der Waals surface area contributed by atoms with Crippen LogP contribution in [-0.4, -0.2) is 16.1 Å². The van der Waals surface area contributed by atoms with Crippen molar-refractivity contribution in [1.29, 1.82) is 0 Å². The maximum atomic E-state index is 12.4. The first-order valence-electron chi connectivity index (χ1n) is 6.24. The van der Waals surface area contributed by atoms with Crippen molar-refractivity contribution < 1.29 is 0 Å². The maximum Gasteiger partial charge on any atom is 0.330 e. The molecule has 94 valence electrons. The molecule has 3 rings (SSSR count). The normalized spacial score (nSPS) is 20.1. The van der Waals surface area contributed by atoms with E-state index in [-0.39, 0.29) is 17.4 Å². The van der Waals surface area contributed by atoms with Crippen LogP contribution in [0.1, 0.15) is 25.4 Å². The molecule has 0 amide bonds.